The fourth-order valence-electron chi connectivity index (χ4n) is 5.07. The van der Waals surface area contributed by atoms with Gasteiger partial charge in [0.05, 0.1) is 5.69 Å². The van der Waals surface area contributed by atoms with Crippen LogP contribution in [0, 0.1) is 12.8 Å². The van der Waals surface area contributed by atoms with Gasteiger partial charge in [0.2, 0.25) is 0 Å². The minimum absolute atomic E-state index is 0.0190. The lowest BCUT2D eigenvalue weighted by molar-refractivity contribution is -0.139. The summed E-state index contributed by atoms with van der Waals surface area (Å²) in [6, 6.07) is 25.3. The number of ether oxygens (including phenoxy) is 2. The van der Waals surface area contributed by atoms with Gasteiger partial charge in [0.1, 0.15) is 11.5 Å². The molecule has 1 fully saturated rings. The molecular formula is C33H32N2O8S. The number of benzene rings is 3. The van der Waals surface area contributed by atoms with E-state index in [4.69, 9.17) is 19.4 Å². The minimum Gasteiger partial charge on any atom is -0.480 e. The molecule has 228 valence electrons. The first-order chi connectivity index (χ1) is 21.3. The van der Waals surface area contributed by atoms with Crippen molar-refractivity contribution >= 4 is 34.9 Å². The van der Waals surface area contributed by atoms with E-state index >= 15 is 0 Å². The van der Waals surface area contributed by atoms with Crippen LogP contribution in [0.25, 0.3) is 10.4 Å². The van der Waals surface area contributed by atoms with Crippen LogP contribution in [0.2, 0.25) is 0 Å². The van der Waals surface area contributed by atoms with E-state index in [0.717, 1.165) is 37.3 Å². The molecule has 0 bridgehead atoms. The second kappa shape index (κ2) is 14.1. The summed E-state index contributed by atoms with van der Waals surface area (Å²) in [5, 5.41) is 23.4. The quantitative estimate of drug-likeness (QED) is 0.172. The third-order valence-electron chi connectivity index (χ3n) is 7.17. The number of anilines is 1. The van der Waals surface area contributed by atoms with Crippen molar-refractivity contribution < 1.29 is 38.9 Å². The van der Waals surface area contributed by atoms with Crippen molar-refractivity contribution in [3.63, 3.8) is 0 Å². The molecule has 2 heterocycles. The molecule has 4 aromatic rings. The van der Waals surface area contributed by atoms with E-state index < -0.39 is 24.6 Å². The first-order valence-electron chi connectivity index (χ1n) is 14.1. The number of nitrogens with zero attached hydrogens (tertiary/aromatic N) is 1. The van der Waals surface area contributed by atoms with Crippen molar-refractivity contribution in [1.29, 1.82) is 0 Å². The Kier molecular flexibility index (Phi) is 9.78. The first kappa shape index (κ1) is 30.6. The largest absolute Gasteiger partial charge is 0.480 e. The van der Waals surface area contributed by atoms with Crippen molar-refractivity contribution in [3.8, 4) is 27.7 Å². The highest BCUT2D eigenvalue weighted by atomic mass is 32.1. The number of carboxylic acid groups (broad SMARTS) is 2. The number of carbonyl (C=O) groups is 3. The molecule has 1 atom stereocenters. The molecular weight excluding hydrogens is 584 g/mol. The Hall–Kier alpha value is -4.87. The lowest BCUT2D eigenvalue weighted by Crippen LogP contribution is -2.49. The molecule has 10 nitrogen and oxygen atoms in total. The summed E-state index contributed by atoms with van der Waals surface area (Å²) in [5.74, 6) is -1.95. The number of thiophene rings is 1. The number of nitrogens with one attached hydrogen (secondary N) is 1. The molecule has 11 heteroatoms. The zero-order chi connectivity index (χ0) is 31.1. The fraction of sp³-hybridized carbons (Fsp3) is 0.242. The number of carboxylic acids is 2. The Morgan fingerprint density at radius 1 is 0.932 bits per heavy atom. The second-order valence-electron chi connectivity index (χ2n) is 10.2. The van der Waals surface area contributed by atoms with Crippen LogP contribution in [0.3, 0.4) is 0 Å². The number of amides is 1. The summed E-state index contributed by atoms with van der Waals surface area (Å²) in [4.78, 5) is 44.0. The van der Waals surface area contributed by atoms with Crippen LogP contribution in [0.1, 0.15) is 28.1 Å². The van der Waals surface area contributed by atoms with E-state index in [1.54, 1.807) is 55.5 Å². The molecule has 0 aliphatic carbocycles. The molecule has 1 saturated heterocycles. The number of piperidine rings is 1. The van der Waals surface area contributed by atoms with Crippen LogP contribution >= 0.6 is 11.3 Å². The minimum atomic E-state index is -1.21. The summed E-state index contributed by atoms with van der Waals surface area (Å²) >= 11 is 0.988. The van der Waals surface area contributed by atoms with E-state index in [0.29, 0.717) is 33.2 Å². The number of hydroxylamine groups is 1. The maximum absolute atomic E-state index is 14.3. The maximum Gasteiger partial charge on any atom is 0.349 e. The molecule has 0 saturated carbocycles. The smallest absolute Gasteiger partial charge is 0.349 e. The molecule has 0 spiro atoms. The van der Waals surface area contributed by atoms with E-state index in [9.17, 15) is 19.5 Å². The van der Waals surface area contributed by atoms with Gasteiger partial charge in [-0.05, 0) is 74.8 Å². The van der Waals surface area contributed by atoms with Gasteiger partial charge in [-0.1, -0.05) is 48.5 Å². The van der Waals surface area contributed by atoms with Gasteiger partial charge in [0.15, 0.2) is 23.3 Å². The molecule has 1 aliphatic rings. The van der Waals surface area contributed by atoms with Crippen LogP contribution in [-0.2, 0) is 9.59 Å². The van der Waals surface area contributed by atoms with E-state index in [1.165, 1.54) is 5.06 Å². The van der Waals surface area contributed by atoms with Crippen LogP contribution in [0.4, 0.5) is 5.69 Å². The van der Waals surface area contributed by atoms with Crippen molar-refractivity contribution in [2.24, 2.45) is 5.92 Å². The predicted octanol–water partition coefficient (Wildman–Crippen LogP) is 5.66. The van der Waals surface area contributed by atoms with Gasteiger partial charge in [-0.2, -0.15) is 0 Å². The number of carbonyl (C=O) groups excluding carboxylic acids is 1. The molecule has 1 aromatic heterocycles. The van der Waals surface area contributed by atoms with Gasteiger partial charge in [0, 0.05) is 16.4 Å². The highest BCUT2D eigenvalue weighted by molar-refractivity contribution is 7.18. The molecule has 3 aromatic carbocycles. The van der Waals surface area contributed by atoms with Crippen LogP contribution < -0.4 is 24.7 Å². The Labute approximate surface area is 258 Å². The second-order valence-corrected chi connectivity index (χ2v) is 11.2. The third kappa shape index (κ3) is 7.19. The van der Waals surface area contributed by atoms with Crippen molar-refractivity contribution in [2.75, 3.05) is 24.8 Å². The lowest BCUT2D eigenvalue weighted by atomic mass is 9.91. The number of hydrogen-bond donors (Lipinski definition) is 3. The number of para-hydroxylation sites is 2. The van der Waals surface area contributed by atoms with E-state index in [2.05, 4.69) is 5.32 Å². The summed E-state index contributed by atoms with van der Waals surface area (Å²) in [6.07, 6.45) is 0.561. The molecule has 44 heavy (non-hydrogen) atoms. The average Bonchev–Trinajstić information content (AvgIpc) is 3.38. The highest BCUT2D eigenvalue weighted by Crippen LogP contribution is 2.42. The summed E-state index contributed by atoms with van der Waals surface area (Å²) < 4.78 is 11.8. The van der Waals surface area contributed by atoms with Gasteiger partial charge in [0.25, 0.3) is 0 Å². The Bertz CT molecular complexity index is 1600. The highest BCUT2D eigenvalue weighted by Gasteiger charge is 2.37. The van der Waals surface area contributed by atoms with E-state index in [1.807, 2.05) is 36.4 Å². The average molecular weight is 617 g/mol. The Morgan fingerprint density at radius 2 is 1.59 bits per heavy atom. The Balaban J connectivity index is 1.48. The summed E-state index contributed by atoms with van der Waals surface area (Å²) in [7, 11) is 0. The fourth-order valence-corrected chi connectivity index (χ4v) is 6.15. The lowest BCUT2D eigenvalue weighted by Gasteiger charge is -2.33. The first-order valence-corrected chi connectivity index (χ1v) is 14.9. The van der Waals surface area contributed by atoms with Crippen LogP contribution in [0.5, 0.6) is 17.2 Å². The molecule has 5 rings (SSSR count). The number of hydrogen-bond acceptors (Lipinski definition) is 8. The van der Waals surface area contributed by atoms with Gasteiger partial charge in [-0.15, -0.1) is 16.4 Å². The molecule has 1 unspecified atom stereocenters. The van der Waals surface area contributed by atoms with Crippen molar-refractivity contribution in [2.45, 2.75) is 25.9 Å². The molecule has 3 N–H and O–H groups in total. The SMILES string of the molecule is Cc1c(-c2cccc(OC(C(=O)N(Oc3ccccc3)c3ccccc3)C3CCNCC3)c2)sc(C(=O)O)c1OCC(=O)O. The van der Waals surface area contributed by atoms with Gasteiger partial charge in [-0.25, -0.2) is 9.59 Å². The number of aliphatic carboxylic acids is 1. The third-order valence-corrected chi connectivity index (χ3v) is 8.48. The molecule has 1 aliphatic heterocycles. The number of aromatic carboxylic acids is 1. The number of rotatable bonds is 12. The predicted molar refractivity (Wildman–Crippen MR) is 166 cm³/mol. The summed E-state index contributed by atoms with van der Waals surface area (Å²) in [5.41, 5.74) is 1.71. The molecule has 0 radical (unpaired) electrons. The Morgan fingerprint density at radius 3 is 2.25 bits per heavy atom. The topological polar surface area (TPSA) is 135 Å². The van der Waals surface area contributed by atoms with E-state index in [-0.39, 0.29) is 22.5 Å². The van der Waals surface area contributed by atoms with Gasteiger partial charge >= 0.3 is 17.8 Å². The van der Waals surface area contributed by atoms with Crippen LogP contribution in [-0.4, -0.2) is 53.9 Å². The van der Waals surface area contributed by atoms with Crippen molar-refractivity contribution in [3.05, 3.63) is 95.4 Å². The van der Waals surface area contributed by atoms with Crippen molar-refractivity contribution in [1.82, 2.24) is 5.32 Å². The summed E-state index contributed by atoms with van der Waals surface area (Å²) in [6.45, 7) is 2.51. The zero-order valence-corrected chi connectivity index (χ0v) is 24.8. The van der Waals surface area contributed by atoms with Gasteiger partial charge < -0.3 is 29.8 Å². The zero-order valence-electron chi connectivity index (χ0n) is 24.0. The normalized spacial score (nSPS) is 13.9. The monoisotopic (exact) mass is 616 g/mol. The maximum atomic E-state index is 14.3. The van der Waals surface area contributed by atoms with Gasteiger partial charge in [-0.3, -0.25) is 4.79 Å². The molecule has 1 amide bonds. The van der Waals surface area contributed by atoms with Crippen LogP contribution in [0.15, 0.2) is 84.9 Å². The standard InChI is InChI=1S/C33H32N2O8S/c1-21-28(41-20-27(36)37)31(33(39)40)44-30(21)23-9-8-14-26(19-23)42-29(22-15-17-34-18-16-22)32(38)35(24-10-4-2-5-11-24)43-25-12-6-3-7-13-25/h2-14,19,22,29,34H,15-18,20H2,1H3,(H,36,37)(H,39,40).